The summed E-state index contributed by atoms with van der Waals surface area (Å²) in [5.41, 5.74) is -1.25. The zero-order valence-corrected chi connectivity index (χ0v) is 10.8. The lowest BCUT2D eigenvalue weighted by molar-refractivity contribution is -0.139. The second-order valence-electron chi connectivity index (χ2n) is 3.68. The highest BCUT2D eigenvalue weighted by atomic mass is 32.1. The van der Waals surface area contributed by atoms with Crippen LogP contribution in [0.1, 0.15) is 5.56 Å². The SMILES string of the molecule is COc1nc(=S)nc(-c2ccc(C(F)(F)F)c(F)c2)[nH]1. The summed E-state index contributed by atoms with van der Waals surface area (Å²) in [7, 11) is 1.32. The average Bonchev–Trinajstić information content (AvgIpc) is 2.36. The van der Waals surface area contributed by atoms with Gasteiger partial charge in [-0.1, -0.05) is 6.07 Å². The van der Waals surface area contributed by atoms with E-state index in [1.807, 2.05) is 0 Å². The van der Waals surface area contributed by atoms with E-state index in [1.54, 1.807) is 0 Å². The van der Waals surface area contributed by atoms with E-state index >= 15 is 0 Å². The number of methoxy groups -OCH3 is 1. The van der Waals surface area contributed by atoms with Gasteiger partial charge < -0.3 is 4.74 Å². The van der Waals surface area contributed by atoms with Gasteiger partial charge in [-0.3, -0.25) is 4.98 Å². The summed E-state index contributed by atoms with van der Waals surface area (Å²) in [6, 6.07) is 2.46. The van der Waals surface area contributed by atoms with Crippen LogP contribution < -0.4 is 4.74 Å². The highest BCUT2D eigenvalue weighted by Gasteiger charge is 2.34. The molecule has 0 aliphatic carbocycles. The first kappa shape index (κ1) is 14.4. The lowest BCUT2D eigenvalue weighted by Crippen LogP contribution is -2.08. The third-order valence-corrected chi connectivity index (χ3v) is 2.55. The molecular weight excluding hydrogens is 298 g/mol. The smallest absolute Gasteiger partial charge is 0.419 e. The molecule has 1 aromatic carbocycles. The Hall–Kier alpha value is -2.03. The molecule has 106 valence electrons. The number of nitrogens with zero attached hydrogens (tertiary/aromatic N) is 2. The minimum absolute atomic E-state index is 0.0281. The molecular formula is C11H7F4N3OS. The third-order valence-electron chi connectivity index (χ3n) is 2.37. The Bertz CT molecular complexity index is 699. The fourth-order valence-electron chi connectivity index (χ4n) is 1.49. The monoisotopic (exact) mass is 305 g/mol. The van der Waals surface area contributed by atoms with Crippen LogP contribution in [0.15, 0.2) is 18.2 Å². The van der Waals surface area contributed by atoms with Crippen molar-refractivity contribution >= 4 is 12.2 Å². The molecule has 1 N–H and O–H groups in total. The van der Waals surface area contributed by atoms with Crippen LogP contribution in [0.4, 0.5) is 17.6 Å². The molecule has 4 nitrogen and oxygen atoms in total. The quantitative estimate of drug-likeness (QED) is 0.683. The number of alkyl halides is 3. The zero-order valence-electron chi connectivity index (χ0n) is 9.95. The van der Waals surface area contributed by atoms with Crippen LogP contribution >= 0.6 is 12.2 Å². The largest absolute Gasteiger partial charge is 0.468 e. The molecule has 2 aromatic rings. The van der Waals surface area contributed by atoms with Crippen molar-refractivity contribution in [1.29, 1.82) is 0 Å². The topological polar surface area (TPSA) is 50.8 Å². The average molecular weight is 305 g/mol. The minimum Gasteiger partial charge on any atom is -0.468 e. The van der Waals surface area contributed by atoms with Gasteiger partial charge in [0.05, 0.1) is 12.7 Å². The van der Waals surface area contributed by atoms with Gasteiger partial charge in [0.15, 0.2) is 0 Å². The van der Waals surface area contributed by atoms with Crippen molar-refractivity contribution in [2.75, 3.05) is 7.11 Å². The summed E-state index contributed by atoms with van der Waals surface area (Å²) < 4.78 is 55.6. The number of rotatable bonds is 2. The van der Waals surface area contributed by atoms with Crippen molar-refractivity contribution in [2.45, 2.75) is 6.18 Å². The van der Waals surface area contributed by atoms with Gasteiger partial charge in [0, 0.05) is 5.56 Å². The van der Waals surface area contributed by atoms with Gasteiger partial charge in [-0.2, -0.15) is 18.2 Å². The van der Waals surface area contributed by atoms with E-state index < -0.39 is 17.6 Å². The molecule has 0 atom stereocenters. The van der Waals surface area contributed by atoms with E-state index in [4.69, 9.17) is 17.0 Å². The molecule has 0 aliphatic rings. The molecule has 0 saturated heterocycles. The van der Waals surface area contributed by atoms with Crippen LogP contribution in [0.25, 0.3) is 11.4 Å². The summed E-state index contributed by atoms with van der Waals surface area (Å²) in [6.45, 7) is 0. The van der Waals surface area contributed by atoms with Gasteiger partial charge in [-0.05, 0) is 24.4 Å². The molecule has 1 aromatic heterocycles. The highest BCUT2D eigenvalue weighted by molar-refractivity contribution is 7.71. The van der Waals surface area contributed by atoms with Crippen molar-refractivity contribution in [2.24, 2.45) is 0 Å². The van der Waals surface area contributed by atoms with Crippen molar-refractivity contribution in [3.63, 3.8) is 0 Å². The van der Waals surface area contributed by atoms with E-state index in [9.17, 15) is 17.6 Å². The molecule has 0 bridgehead atoms. The number of nitrogens with one attached hydrogen (secondary N) is 1. The summed E-state index contributed by atoms with van der Waals surface area (Å²) in [6.07, 6.45) is -4.75. The fourth-order valence-corrected chi connectivity index (χ4v) is 1.66. The minimum atomic E-state index is -4.75. The molecule has 9 heteroatoms. The maximum Gasteiger partial charge on any atom is 0.419 e. The second-order valence-corrected chi connectivity index (χ2v) is 4.05. The van der Waals surface area contributed by atoms with E-state index in [0.29, 0.717) is 6.07 Å². The Morgan fingerprint density at radius 3 is 2.50 bits per heavy atom. The number of hydrogen-bond acceptors (Lipinski definition) is 4. The standard InChI is InChI=1S/C11H7F4N3OS/c1-19-9-16-8(17-10(20)18-9)5-2-3-6(7(12)4-5)11(13,14)15/h2-4H,1H3,(H,16,17,18,20). The highest BCUT2D eigenvalue weighted by Crippen LogP contribution is 2.32. The number of ether oxygens (including phenoxy) is 1. The molecule has 0 unspecified atom stereocenters. The Labute approximate surface area is 115 Å². The summed E-state index contributed by atoms with van der Waals surface area (Å²) in [5, 5.41) is 0. The van der Waals surface area contributed by atoms with Crippen LogP contribution in [0, 0.1) is 10.6 Å². The number of halogens is 4. The van der Waals surface area contributed by atoms with E-state index in [-0.39, 0.29) is 22.2 Å². The second kappa shape index (κ2) is 5.16. The van der Waals surface area contributed by atoms with E-state index in [0.717, 1.165) is 12.1 Å². The molecule has 0 spiro atoms. The Morgan fingerprint density at radius 1 is 1.25 bits per heavy atom. The normalized spacial score (nSPS) is 11.4. The van der Waals surface area contributed by atoms with Crippen LogP contribution in [0.5, 0.6) is 6.01 Å². The number of aromatic nitrogens is 3. The Morgan fingerprint density at radius 2 is 1.95 bits per heavy atom. The fraction of sp³-hybridized carbons (Fsp3) is 0.182. The molecule has 0 amide bonds. The number of hydrogen-bond donors (Lipinski definition) is 1. The van der Waals surface area contributed by atoms with E-state index in [1.165, 1.54) is 7.11 Å². The lowest BCUT2D eigenvalue weighted by atomic mass is 10.1. The van der Waals surface area contributed by atoms with Crippen LogP contribution in [0.2, 0.25) is 0 Å². The van der Waals surface area contributed by atoms with Crippen molar-refractivity contribution in [3.05, 3.63) is 34.4 Å². The predicted molar refractivity (Wildman–Crippen MR) is 64.2 cm³/mol. The van der Waals surface area contributed by atoms with Crippen molar-refractivity contribution in [1.82, 2.24) is 15.0 Å². The zero-order chi connectivity index (χ0) is 14.9. The molecule has 20 heavy (non-hydrogen) atoms. The molecule has 1 heterocycles. The number of H-pyrrole nitrogens is 1. The van der Waals surface area contributed by atoms with E-state index in [2.05, 4.69) is 15.0 Å². The van der Waals surface area contributed by atoms with Crippen LogP contribution in [-0.2, 0) is 6.18 Å². The van der Waals surface area contributed by atoms with Crippen LogP contribution in [-0.4, -0.2) is 22.1 Å². The maximum absolute atomic E-state index is 13.5. The van der Waals surface area contributed by atoms with Gasteiger partial charge in [0.25, 0.3) is 6.01 Å². The number of benzene rings is 1. The summed E-state index contributed by atoms with van der Waals surface area (Å²) in [5.74, 6) is -1.33. The van der Waals surface area contributed by atoms with Gasteiger partial charge >= 0.3 is 6.18 Å². The third kappa shape index (κ3) is 2.93. The Balaban J connectivity index is 2.52. The first-order valence-corrected chi connectivity index (χ1v) is 5.61. The van der Waals surface area contributed by atoms with Crippen LogP contribution in [0.3, 0.4) is 0 Å². The Kier molecular flexibility index (Phi) is 3.71. The van der Waals surface area contributed by atoms with Crippen molar-refractivity contribution in [3.8, 4) is 17.4 Å². The molecule has 0 saturated carbocycles. The number of aromatic amines is 1. The summed E-state index contributed by atoms with van der Waals surface area (Å²) >= 11 is 4.78. The van der Waals surface area contributed by atoms with Gasteiger partial charge in [-0.25, -0.2) is 9.37 Å². The van der Waals surface area contributed by atoms with Gasteiger partial charge in [-0.15, -0.1) is 0 Å². The molecule has 0 fully saturated rings. The molecule has 0 radical (unpaired) electrons. The summed E-state index contributed by atoms with van der Waals surface area (Å²) in [4.78, 5) is 10.1. The molecule has 0 aliphatic heterocycles. The van der Waals surface area contributed by atoms with Gasteiger partial charge in [0.1, 0.15) is 11.6 Å². The van der Waals surface area contributed by atoms with Gasteiger partial charge in [0.2, 0.25) is 4.77 Å². The lowest BCUT2D eigenvalue weighted by Gasteiger charge is -2.09. The first-order valence-electron chi connectivity index (χ1n) is 5.20. The predicted octanol–water partition coefficient (Wildman–Crippen LogP) is 3.37. The van der Waals surface area contributed by atoms with Crippen molar-refractivity contribution < 1.29 is 22.3 Å². The first-order chi connectivity index (χ1) is 9.31. The molecule has 2 rings (SSSR count). The maximum atomic E-state index is 13.5.